The molecule has 1 heterocycles. The Labute approximate surface area is 83.1 Å². The highest BCUT2D eigenvalue weighted by molar-refractivity contribution is 5.36. The molecule has 1 rings (SSSR count). The maximum atomic E-state index is 8.72. The van der Waals surface area contributed by atoms with Crippen LogP contribution in [0.3, 0.4) is 0 Å². The van der Waals surface area contributed by atoms with E-state index < -0.39 is 0 Å². The van der Waals surface area contributed by atoms with E-state index in [1.165, 1.54) is 0 Å². The highest BCUT2D eigenvalue weighted by Crippen LogP contribution is 2.11. The van der Waals surface area contributed by atoms with Gasteiger partial charge < -0.3 is 9.47 Å². The van der Waals surface area contributed by atoms with Crippen LogP contribution in [0.4, 0.5) is 0 Å². The highest BCUT2D eigenvalue weighted by atomic mass is 16.5. The topological polar surface area (TPSA) is 55.1 Å². The first kappa shape index (κ1) is 10.5. The minimum absolute atomic E-state index is 0.370. The van der Waals surface area contributed by atoms with Gasteiger partial charge in [-0.25, -0.2) is 4.98 Å². The molecule has 0 fully saturated rings. The van der Waals surface area contributed by atoms with Crippen LogP contribution in [0.5, 0.6) is 5.88 Å². The van der Waals surface area contributed by atoms with Crippen LogP contribution in [-0.2, 0) is 4.74 Å². The molecule has 0 aliphatic heterocycles. The van der Waals surface area contributed by atoms with Gasteiger partial charge in [-0.2, -0.15) is 5.26 Å². The van der Waals surface area contributed by atoms with Crippen molar-refractivity contribution in [2.45, 2.75) is 6.92 Å². The lowest BCUT2D eigenvalue weighted by molar-refractivity contribution is 0.108. The van der Waals surface area contributed by atoms with E-state index in [4.69, 9.17) is 14.7 Å². The predicted octanol–water partition coefficient (Wildman–Crippen LogP) is 1.37. The SMILES string of the molecule is CCOCCOc1ncccc1C#N. The van der Waals surface area contributed by atoms with Crippen LogP contribution in [0.2, 0.25) is 0 Å². The zero-order valence-electron chi connectivity index (χ0n) is 8.06. The number of rotatable bonds is 5. The maximum absolute atomic E-state index is 8.72. The van der Waals surface area contributed by atoms with Crippen LogP contribution in [0.15, 0.2) is 18.3 Å². The number of ether oxygens (including phenoxy) is 2. The molecular formula is C10H12N2O2. The normalized spacial score (nSPS) is 9.43. The van der Waals surface area contributed by atoms with E-state index >= 15 is 0 Å². The average Bonchev–Trinajstić information content (AvgIpc) is 2.25. The number of hydrogen-bond acceptors (Lipinski definition) is 4. The lowest BCUT2D eigenvalue weighted by atomic mass is 10.3. The van der Waals surface area contributed by atoms with Gasteiger partial charge in [0, 0.05) is 12.8 Å². The van der Waals surface area contributed by atoms with E-state index in [2.05, 4.69) is 4.98 Å². The monoisotopic (exact) mass is 192 g/mol. The van der Waals surface area contributed by atoms with E-state index in [0.717, 1.165) is 0 Å². The number of nitriles is 1. The van der Waals surface area contributed by atoms with Gasteiger partial charge in [0.2, 0.25) is 5.88 Å². The molecule has 74 valence electrons. The van der Waals surface area contributed by atoms with E-state index in [1.807, 2.05) is 13.0 Å². The van der Waals surface area contributed by atoms with Crippen molar-refractivity contribution >= 4 is 0 Å². The van der Waals surface area contributed by atoms with E-state index in [-0.39, 0.29) is 0 Å². The number of aromatic nitrogens is 1. The highest BCUT2D eigenvalue weighted by Gasteiger charge is 2.02. The van der Waals surface area contributed by atoms with Crippen LogP contribution in [0.1, 0.15) is 12.5 Å². The van der Waals surface area contributed by atoms with Crippen molar-refractivity contribution in [3.63, 3.8) is 0 Å². The summed E-state index contributed by atoms with van der Waals surface area (Å²) < 4.78 is 10.4. The van der Waals surface area contributed by atoms with Gasteiger partial charge in [0.15, 0.2) is 0 Å². The van der Waals surface area contributed by atoms with Crippen LogP contribution in [0, 0.1) is 11.3 Å². The molecule has 1 aromatic rings. The summed E-state index contributed by atoms with van der Waals surface area (Å²) in [6, 6.07) is 5.38. The van der Waals surface area contributed by atoms with E-state index in [1.54, 1.807) is 18.3 Å². The smallest absolute Gasteiger partial charge is 0.231 e. The minimum atomic E-state index is 0.370. The largest absolute Gasteiger partial charge is 0.474 e. The standard InChI is InChI=1S/C10H12N2O2/c1-2-13-6-7-14-10-9(8-11)4-3-5-12-10/h3-5H,2,6-7H2,1H3. The van der Waals surface area contributed by atoms with Gasteiger partial charge in [0.05, 0.1) is 6.61 Å². The van der Waals surface area contributed by atoms with Crippen LogP contribution in [0.25, 0.3) is 0 Å². The maximum Gasteiger partial charge on any atom is 0.231 e. The van der Waals surface area contributed by atoms with Crippen molar-refractivity contribution in [2.24, 2.45) is 0 Å². The Morgan fingerprint density at radius 3 is 3.07 bits per heavy atom. The zero-order chi connectivity index (χ0) is 10.2. The molecule has 14 heavy (non-hydrogen) atoms. The average molecular weight is 192 g/mol. The first-order valence-corrected chi connectivity index (χ1v) is 4.44. The molecule has 0 saturated carbocycles. The molecule has 0 N–H and O–H groups in total. The van der Waals surface area contributed by atoms with Gasteiger partial charge in [0.1, 0.15) is 18.2 Å². The molecule has 4 heteroatoms. The van der Waals surface area contributed by atoms with Crippen molar-refractivity contribution in [2.75, 3.05) is 19.8 Å². The van der Waals surface area contributed by atoms with Crippen LogP contribution < -0.4 is 4.74 Å². The number of pyridine rings is 1. The van der Waals surface area contributed by atoms with Crippen LogP contribution >= 0.6 is 0 Å². The second-order valence-electron chi connectivity index (χ2n) is 2.51. The first-order chi connectivity index (χ1) is 6.88. The Bertz CT molecular complexity index is 320. The van der Waals surface area contributed by atoms with E-state index in [0.29, 0.717) is 31.3 Å². The lowest BCUT2D eigenvalue weighted by Gasteiger charge is -2.05. The van der Waals surface area contributed by atoms with Crippen molar-refractivity contribution < 1.29 is 9.47 Å². The molecule has 0 radical (unpaired) electrons. The Morgan fingerprint density at radius 1 is 1.50 bits per heavy atom. The molecule has 0 aromatic carbocycles. The van der Waals surface area contributed by atoms with Crippen molar-refractivity contribution in [3.8, 4) is 11.9 Å². The van der Waals surface area contributed by atoms with E-state index in [9.17, 15) is 0 Å². The van der Waals surface area contributed by atoms with Crippen molar-refractivity contribution in [1.82, 2.24) is 4.98 Å². The fraction of sp³-hybridized carbons (Fsp3) is 0.400. The fourth-order valence-corrected chi connectivity index (χ4v) is 0.933. The zero-order valence-corrected chi connectivity index (χ0v) is 8.06. The summed E-state index contributed by atoms with van der Waals surface area (Å²) in [7, 11) is 0. The van der Waals surface area contributed by atoms with Gasteiger partial charge in [-0.05, 0) is 19.1 Å². The Hall–Kier alpha value is -1.60. The molecule has 0 aliphatic carbocycles. The third-order valence-electron chi connectivity index (χ3n) is 1.56. The molecule has 0 spiro atoms. The van der Waals surface area contributed by atoms with Gasteiger partial charge in [-0.1, -0.05) is 0 Å². The van der Waals surface area contributed by atoms with Gasteiger partial charge in [-0.3, -0.25) is 0 Å². The second-order valence-corrected chi connectivity index (χ2v) is 2.51. The molecule has 1 aromatic heterocycles. The Morgan fingerprint density at radius 2 is 2.36 bits per heavy atom. The Balaban J connectivity index is 2.46. The molecule has 0 unspecified atom stereocenters. The number of nitrogens with zero attached hydrogens (tertiary/aromatic N) is 2. The molecular weight excluding hydrogens is 180 g/mol. The summed E-state index contributed by atoms with van der Waals surface area (Å²) in [6.45, 7) is 3.51. The summed E-state index contributed by atoms with van der Waals surface area (Å²) in [5.41, 5.74) is 0.448. The van der Waals surface area contributed by atoms with Crippen molar-refractivity contribution in [3.05, 3.63) is 23.9 Å². The minimum Gasteiger partial charge on any atom is -0.474 e. The molecule has 0 bridgehead atoms. The lowest BCUT2D eigenvalue weighted by Crippen LogP contribution is -2.07. The van der Waals surface area contributed by atoms with Crippen LogP contribution in [-0.4, -0.2) is 24.8 Å². The molecule has 0 amide bonds. The summed E-state index contributed by atoms with van der Waals surface area (Å²) in [6.07, 6.45) is 1.59. The number of hydrogen-bond donors (Lipinski definition) is 0. The Kier molecular flexibility index (Phi) is 4.45. The summed E-state index contributed by atoms with van der Waals surface area (Å²) in [4.78, 5) is 3.95. The first-order valence-electron chi connectivity index (χ1n) is 4.44. The van der Waals surface area contributed by atoms with Gasteiger partial charge >= 0.3 is 0 Å². The summed E-state index contributed by atoms with van der Waals surface area (Å²) >= 11 is 0. The quantitative estimate of drug-likeness (QED) is 0.661. The predicted molar refractivity (Wildman–Crippen MR) is 50.9 cm³/mol. The molecule has 0 saturated heterocycles. The summed E-state index contributed by atoms with van der Waals surface area (Å²) in [5.74, 6) is 0.370. The third kappa shape index (κ3) is 3.04. The third-order valence-corrected chi connectivity index (χ3v) is 1.56. The summed E-state index contributed by atoms with van der Waals surface area (Å²) in [5, 5.41) is 8.72. The molecule has 0 atom stereocenters. The molecule has 0 aliphatic rings. The van der Waals surface area contributed by atoms with Gasteiger partial charge in [-0.15, -0.1) is 0 Å². The molecule has 4 nitrogen and oxygen atoms in total. The van der Waals surface area contributed by atoms with Crippen molar-refractivity contribution in [1.29, 1.82) is 5.26 Å². The van der Waals surface area contributed by atoms with Gasteiger partial charge in [0.25, 0.3) is 0 Å². The second kappa shape index (κ2) is 5.95. The fourth-order valence-electron chi connectivity index (χ4n) is 0.933.